The Morgan fingerprint density at radius 3 is 2.78 bits per heavy atom. The maximum absolute atomic E-state index is 11.7. The Kier molecular flexibility index (Phi) is 4.54. The highest BCUT2D eigenvalue weighted by Gasteiger charge is 2.15. The van der Waals surface area contributed by atoms with Gasteiger partial charge in [0.1, 0.15) is 0 Å². The van der Waals surface area contributed by atoms with E-state index in [4.69, 9.17) is 5.73 Å². The second-order valence-electron chi connectivity index (χ2n) is 3.67. The molecule has 0 unspecified atom stereocenters. The molecular formula is C9H16N4O4S. The number of nitrogens with zero attached hydrogens (tertiary/aromatic N) is 2. The summed E-state index contributed by atoms with van der Waals surface area (Å²) in [5.74, 6) is -0.412. The molecule has 18 heavy (non-hydrogen) atoms. The standard InChI is InChI=1S/C9H16N4O4S/c1-13-9(7(10)6-11-13)12-18(15,16)5-3-4-8(14)17-2/h6,12H,3-5,10H2,1-2H3. The highest BCUT2D eigenvalue weighted by Crippen LogP contribution is 2.17. The van der Waals surface area contributed by atoms with Crippen LogP contribution >= 0.6 is 0 Å². The highest BCUT2D eigenvalue weighted by atomic mass is 32.2. The molecule has 0 saturated heterocycles. The van der Waals surface area contributed by atoms with Crippen molar-refractivity contribution in [2.24, 2.45) is 7.05 Å². The molecule has 3 N–H and O–H groups in total. The van der Waals surface area contributed by atoms with Crippen LogP contribution in [0.4, 0.5) is 11.5 Å². The molecule has 1 aromatic heterocycles. The normalized spacial score (nSPS) is 11.2. The van der Waals surface area contributed by atoms with E-state index in [-0.39, 0.29) is 30.1 Å². The predicted octanol–water partition coefficient (Wildman–Crippen LogP) is -0.303. The van der Waals surface area contributed by atoms with Gasteiger partial charge >= 0.3 is 5.97 Å². The second-order valence-corrected chi connectivity index (χ2v) is 5.51. The number of carbonyl (C=O) groups excluding carboxylic acids is 1. The van der Waals surface area contributed by atoms with Gasteiger partial charge in [0.15, 0.2) is 5.82 Å². The third-order valence-corrected chi connectivity index (χ3v) is 3.57. The Morgan fingerprint density at radius 2 is 2.28 bits per heavy atom. The fourth-order valence-corrected chi connectivity index (χ4v) is 2.46. The molecular weight excluding hydrogens is 260 g/mol. The SMILES string of the molecule is COC(=O)CCCS(=O)(=O)Nc1c(N)cnn1C. The summed E-state index contributed by atoms with van der Waals surface area (Å²) in [6, 6.07) is 0. The number of nitrogen functional groups attached to an aromatic ring is 1. The van der Waals surface area contributed by atoms with Crippen molar-refractivity contribution in [1.82, 2.24) is 9.78 Å². The fourth-order valence-electron chi connectivity index (χ4n) is 1.29. The first-order valence-corrected chi connectivity index (χ1v) is 6.85. The van der Waals surface area contributed by atoms with E-state index in [1.54, 1.807) is 7.05 Å². The fraction of sp³-hybridized carbons (Fsp3) is 0.556. The van der Waals surface area contributed by atoms with E-state index in [1.165, 1.54) is 18.0 Å². The first-order valence-electron chi connectivity index (χ1n) is 5.20. The lowest BCUT2D eigenvalue weighted by Crippen LogP contribution is -2.20. The Balaban J connectivity index is 2.58. The summed E-state index contributed by atoms with van der Waals surface area (Å²) in [5, 5.41) is 3.81. The molecule has 0 amide bonds. The van der Waals surface area contributed by atoms with Crippen molar-refractivity contribution in [2.45, 2.75) is 12.8 Å². The van der Waals surface area contributed by atoms with Gasteiger partial charge in [0.05, 0.1) is 24.7 Å². The van der Waals surface area contributed by atoms with Crippen LogP contribution in [0.15, 0.2) is 6.20 Å². The molecule has 0 fully saturated rings. The maximum atomic E-state index is 11.7. The van der Waals surface area contributed by atoms with E-state index < -0.39 is 16.0 Å². The number of sulfonamides is 1. The molecule has 0 radical (unpaired) electrons. The minimum atomic E-state index is -3.55. The zero-order valence-electron chi connectivity index (χ0n) is 10.2. The number of ether oxygens (including phenoxy) is 1. The van der Waals surface area contributed by atoms with Gasteiger partial charge in [0.2, 0.25) is 10.0 Å². The molecule has 102 valence electrons. The minimum Gasteiger partial charge on any atom is -0.469 e. The van der Waals surface area contributed by atoms with E-state index in [0.717, 1.165) is 0 Å². The van der Waals surface area contributed by atoms with Crippen LogP contribution in [0, 0.1) is 0 Å². The van der Waals surface area contributed by atoms with Crippen LogP contribution in [-0.4, -0.2) is 37.0 Å². The summed E-state index contributed by atoms with van der Waals surface area (Å²) < 4.78 is 31.5. The number of carbonyl (C=O) groups is 1. The first-order chi connectivity index (χ1) is 8.35. The lowest BCUT2D eigenvalue weighted by atomic mass is 10.3. The van der Waals surface area contributed by atoms with Gasteiger partial charge in [0, 0.05) is 13.5 Å². The zero-order valence-corrected chi connectivity index (χ0v) is 11.0. The second kappa shape index (κ2) is 5.71. The maximum Gasteiger partial charge on any atom is 0.305 e. The van der Waals surface area contributed by atoms with Crippen LogP contribution in [0.2, 0.25) is 0 Å². The number of aryl methyl sites for hydroxylation is 1. The average Bonchev–Trinajstić information content (AvgIpc) is 2.60. The van der Waals surface area contributed by atoms with Gasteiger partial charge in [-0.15, -0.1) is 0 Å². The van der Waals surface area contributed by atoms with Gasteiger partial charge in [-0.25, -0.2) is 8.42 Å². The molecule has 9 heteroatoms. The topological polar surface area (TPSA) is 116 Å². The summed E-state index contributed by atoms with van der Waals surface area (Å²) in [5.41, 5.74) is 5.81. The molecule has 0 atom stereocenters. The van der Waals surface area contributed by atoms with E-state index in [2.05, 4.69) is 14.6 Å². The number of nitrogens with one attached hydrogen (secondary N) is 1. The van der Waals surface area contributed by atoms with Crippen molar-refractivity contribution in [3.05, 3.63) is 6.20 Å². The molecule has 1 aromatic rings. The van der Waals surface area contributed by atoms with E-state index in [1.807, 2.05) is 0 Å². The minimum absolute atomic E-state index is 0.0538. The van der Waals surface area contributed by atoms with Crippen LogP contribution in [-0.2, 0) is 26.6 Å². The third kappa shape index (κ3) is 3.91. The van der Waals surface area contributed by atoms with Crippen molar-refractivity contribution in [3.63, 3.8) is 0 Å². The van der Waals surface area contributed by atoms with Crippen molar-refractivity contribution in [3.8, 4) is 0 Å². The van der Waals surface area contributed by atoms with E-state index >= 15 is 0 Å². The molecule has 0 spiro atoms. The number of esters is 1. The van der Waals surface area contributed by atoms with Crippen LogP contribution in [0.1, 0.15) is 12.8 Å². The number of hydrogen-bond acceptors (Lipinski definition) is 6. The molecule has 1 rings (SSSR count). The van der Waals surface area contributed by atoms with Crippen LogP contribution in [0.5, 0.6) is 0 Å². The average molecular weight is 276 g/mol. The molecule has 0 bridgehead atoms. The number of hydrogen-bond donors (Lipinski definition) is 2. The molecule has 0 aliphatic rings. The Morgan fingerprint density at radius 1 is 1.61 bits per heavy atom. The smallest absolute Gasteiger partial charge is 0.305 e. The van der Waals surface area contributed by atoms with Gasteiger partial charge in [-0.1, -0.05) is 0 Å². The Labute approximate surface area is 105 Å². The predicted molar refractivity (Wildman–Crippen MR) is 66.3 cm³/mol. The largest absolute Gasteiger partial charge is 0.469 e. The quantitative estimate of drug-likeness (QED) is 0.689. The van der Waals surface area contributed by atoms with Crippen LogP contribution in [0.25, 0.3) is 0 Å². The summed E-state index contributed by atoms with van der Waals surface area (Å²) in [6.45, 7) is 0. The monoisotopic (exact) mass is 276 g/mol. The van der Waals surface area contributed by atoms with Gasteiger partial charge in [-0.05, 0) is 6.42 Å². The molecule has 0 aromatic carbocycles. The zero-order chi connectivity index (χ0) is 13.8. The number of nitrogens with two attached hydrogens (primary N) is 1. The van der Waals surface area contributed by atoms with Gasteiger partial charge in [0.25, 0.3) is 0 Å². The summed E-state index contributed by atoms with van der Waals surface area (Å²) >= 11 is 0. The Bertz CT molecular complexity index is 503. The molecule has 0 aliphatic carbocycles. The lowest BCUT2D eigenvalue weighted by Gasteiger charge is -2.08. The Hall–Kier alpha value is -1.77. The summed E-state index contributed by atoms with van der Waals surface area (Å²) in [4.78, 5) is 10.9. The van der Waals surface area contributed by atoms with Crippen molar-refractivity contribution in [1.29, 1.82) is 0 Å². The third-order valence-electron chi connectivity index (χ3n) is 2.24. The molecule has 1 heterocycles. The number of anilines is 2. The summed E-state index contributed by atoms with van der Waals surface area (Å²) in [7, 11) is -0.725. The van der Waals surface area contributed by atoms with Gasteiger partial charge in [-0.2, -0.15) is 5.10 Å². The summed E-state index contributed by atoms with van der Waals surface area (Å²) in [6.07, 6.45) is 1.59. The van der Waals surface area contributed by atoms with Crippen molar-refractivity contribution < 1.29 is 17.9 Å². The van der Waals surface area contributed by atoms with Gasteiger partial charge in [-0.3, -0.25) is 14.2 Å². The number of methoxy groups -OCH3 is 1. The molecule has 0 saturated carbocycles. The molecule has 0 aliphatic heterocycles. The molecule has 8 nitrogen and oxygen atoms in total. The van der Waals surface area contributed by atoms with Crippen molar-refractivity contribution >= 4 is 27.5 Å². The van der Waals surface area contributed by atoms with Crippen LogP contribution in [0.3, 0.4) is 0 Å². The number of rotatable bonds is 6. The lowest BCUT2D eigenvalue weighted by molar-refractivity contribution is -0.140. The van der Waals surface area contributed by atoms with E-state index in [9.17, 15) is 13.2 Å². The first kappa shape index (κ1) is 14.3. The highest BCUT2D eigenvalue weighted by molar-refractivity contribution is 7.92. The van der Waals surface area contributed by atoms with Crippen LogP contribution < -0.4 is 10.5 Å². The number of aromatic nitrogens is 2. The van der Waals surface area contributed by atoms with E-state index in [0.29, 0.717) is 0 Å². The van der Waals surface area contributed by atoms with Crippen molar-refractivity contribution in [2.75, 3.05) is 23.3 Å². The van der Waals surface area contributed by atoms with Gasteiger partial charge < -0.3 is 10.5 Å².